The monoisotopic (exact) mass is 250 g/mol. The number of para-hydroxylation sites is 1. The molecule has 3 heteroatoms. The first kappa shape index (κ1) is 15.0. The minimum absolute atomic E-state index is 0.177. The lowest BCUT2D eigenvalue weighted by Gasteiger charge is -2.24. The van der Waals surface area contributed by atoms with Gasteiger partial charge >= 0.3 is 0 Å². The van der Waals surface area contributed by atoms with Crippen LogP contribution >= 0.6 is 0 Å². The van der Waals surface area contributed by atoms with Gasteiger partial charge in [-0.25, -0.2) is 0 Å². The standard InChI is InChI=1S/C15H26N2O/c1-13(12-17-15(2,3)4)16-10-11-18-14-8-6-5-7-9-14/h5-9,13,16-17H,10-12H2,1-4H3. The quantitative estimate of drug-likeness (QED) is 0.729. The first-order valence-corrected chi connectivity index (χ1v) is 6.63. The summed E-state index contributed by atoms with van der Waals surface area (Å²) in [5.74, 6) is 0.930. The van der Waals surface area contributed by atoms with Gasteiger partial charge in [0, 0.05) is 24.7 Å². The highest BCUT2D eigenvalue weighted by Gasteiger charge is 2.10. The van der Waals surface area contributed by atoms with Crippen LogP contribution in [-0.4, -0.2) is 31.3 Å². The molecule has 0 fully saturated rings. The van der Waals surface area contributed by atoms with Crippen LogP contribution in [0.4, 0.5) is 0 Å². The first-order valence-electron chi connectivity index (χ1n) is 6.63. The fourth-order valence-corrected chi connectivity index (χ4v) is 1.52. The summed E-state index contributed by atoms with van der Waals surface area (Å²) in [5.41, 5.74) is 0.177. The molecule has 1 unspecified atom stereocenters. The summed E-state index contributed by atoms with van der Waals surface area (Å²) >= 11 is 0. The van der Waals surface area contributed by atoms with Crippen LogP contribution in [0.2, 0.25) is 0 Å². The second-order valence-corrected chi connectivity index (χ2v) is 5.65. The molecule has 0 bridgehead atoms. The van der Waals surface area contributed by atoms with Gasteiger partial charge < -0.3 is 15.4 Å². The van der Waals surface area contributed by atoms with E-state index in [1.165, 1.54) is 0 Å². The van der Waals surface area contributed by atoms with Crippen LogP contribution in [0.3, 0.4) is 0 Å². The molecule has 0 aliphatic heterocycles. The number of nitrogens with one attached hydrogen (secondary N) is 2. The SMILES string of the molecule is CC(CNC(C)(C)C)NCCOc1ccccc1. The number of ether oxygens (including phenoxy) is 1. The average molecular weight is 250 g/mol. The van der Waals surface area contributed by atoms with Crippen molar-refractivity contribution >= 4 is 0 Å². The zero-order valence-corrected chi connectivity index (χ0v) is 12.0. The zero-order valence-electron chi connectivity index (χ0n) is 12.0. The maximum Gasteiger partial charge on any atom is 0.119 e. The molecular weight excluding hydrogens is 224 g/mol. The van der Waals surface area contributed by atoms with Gasteiger partial charge in [0.25, 0.3) is 0 Å². The predicted molar refractivity (Wildman–Crippen MR) is 77.2 cm³/mol. The van der Waals surface area contributed by atoms with Gasteiger partial charge in [0.05, 0.1) is 0 Å². The van der Waals surface area contributed by atoms with E-state index >= 15 is 0 Å². The molecule has 1 rings (SSSR count). The van der Waals surface area contributed by atoms with Crippen LogP contribution in [0.15, 0.2) is 30.3 Å². The number of hydrogen-bond donors (Lipinski definition) is 2. The minimum Gasteiger partial charge on any atom is -0.492 e. The molecule has 1 aromatic carbocycles. The Labute approximate surface area is 111 Å². The van der Waals surface area contributed by atoms with Gasteiger partial charge in [0.15, 0.2) is 0 Å². The molecular formula is C15H26N2O. The number of rotatable bonds is 7. The van der Waals surface area contributed by atoms with Crippen molar-refractivity contribution in [1.82, 2.24) is 10.6 Å². The van der Waals surface area contributed by atoms with E-state index in [2.05, 4.69) is 38.3 Å². The fraction of sp³-hybridized carbons (Fsp3) is 0.600. The second-order valence-electron chi connectivity index (χ2n) is 5.65. The maximum atomic E-state index is 5.62. The Morgan fingerprint density at radius 1 is 1.17 bits per heavy atom. The largest absolute Gasteiger partial charge is 0.492 e. The Balaban J connectivity index is 2.07. The summed E-state index contributed by atoms with van der Waals surface area (Å²) in [6, 6.07) is 10.4. The lowest BCUT2D eigenvalue weighted by molar-refractivity contribution is 0.301. The summed E-state index contributed by atoms with van der Waals surface area (Å²) in [6.07, 6.45) is 0. The Hall–Kier alpha value is -1.06. The molecule has 0 aliphatic carbocycles. The highest BCUT2D eigenvalue weighted by molar-refractivity contribution is 5.20. The number of hydrogen-bond acceptors (Lipinski definition) is 3. The van der Waals surface area contributed by atoms with Gasteiger partial charge in [0.2, 0.25) is 0 Å². The molecule has 0 aromatic heterocycles. The van der Waals surface area contributed by atoms with Crippen molar-refractivity contribution in [3.05, 3.63) is 30.3 Å². The van der Waals surface area contributed by atoms with Crippen molar-refractivity contribution in [2.75, 3.05) is 19.7 Å². The third kappa shape index (κ3) is 7.30. The molecule has 0 radical (unpaired) electrons. The van der Waals surface area contributed by atoms with Crippen LogP contribution in [0, 0.1) is 0 Å². The van der Waals surface area contributed by atoms with Crippen LogP contribution in [0.25, 0.3) is 0 Å². The Morgan fingerprint density at radius 2 is 1.83 bits per heavy atom. The van der Waals surface area contributed by atoms with E-state index in [9.17, 15) is 0 Å². The lowest BCUT2D eigenvalue weighted by atomic mass is 10.1. The van der Waals surface area contributed by atoms with Crippen molar-refractivity contribution in [1.29, 1.82) is 0 Å². The zero-order chi connectivity index (χ0) is 13.4. The Bertz CT molecular complexity index is 319. The van der Waals surface area contributed by atoms with E-state index in [1.54, 1.807) is 0 Å². The fourth-order valence-electron chi connectivity index (χ4n) is 1.52. The lowest BCUT2D eigenvalue weighted by Crippen LogP contribution is -2.45. The van der Waals surface area contributed by atoms with Gasteiger partial charge in [-0.15, -0.1) is 0 Å². The van der Waals surface area contributed by atoms with Crippen molar-refractivity contribution in [2.45, 2.75) is 39.3 Å². The van der Waals surface area contributed by atoms with E-state index in [-0.39, 0.29) is 5.54 Å². The molecule has 0 saturated heterocycles. The van der Waals surface area contributed by atoms with Crippen LogP contribution in [0.1, 0.15) is 27.7 Å². The summed E-state index contributed by atoms with van der Waals surface area (Å²) < 4.78 is 5.62. The summed E-state index contributed by atoms with van der Waals surface area (Å²) in [4.78, 5) is 0. The third-order valence-electron chi connectivity index (χ3n) is 2.55. The van der Waals surface area contributed by atoms with Crippen LogP contribution < -0.4 is 15.4 Å². The smallest absolute Gasteiger partial charge is 0.119 e. The van der Waals surface area contributed by atoms with Crippen molar-refractivity contribution < 1.29 is 4.74 Å². The molecule has 0 saturated carbocycles. The van der Waals surface area contributed by atoms with Crippen molar-refractivity contribution in [3.63, 3.8) is 0 Å². The molecule has 2 N–H and O–H groups in total. The van der Waals surface area contributed by atoms with E-state index in [0.29, 0.717) is 12.6 Å². The molecule has 0 heterocycles. The highest BCUT2D eigenvalue weighted by atomic mass is 16.5. The molecule has 0 aliphatic rings. The van der Waals surface area contributed by atoms with Crippen molar-refractivity contribution in [2.24, 2.45) is 0 Å². The van der Waals surface area contributed by atoms with Crippen molar-refractivity contribution in [3.8, 4) is 5.75 Å². The molecule has 0 amide bonds. The van der Waals surface area contributed by atoms with Gasteiger partial charge in [-0.3, -0.25) is 0 Å². The molecule has 3 nitrogen and oxygen atoms in total. The van der Waals surface area contributed by atoms with Gasteiger partial charge in [-0.05, 0) is 39.8 Å². The predicted octanol–water partition coefficient (Wildman–Crippen LogP) is 2.43. The summed E-state index contributed by atoms with van der Waals surface area (Å²) in [7, 11) is 0. The summed E-state index contributed by atoms with van der Waals surface area (Å²) in [5, 5.41) is 6.91. The van der Waals surface area contributed by atoms with Gasteiger partial charge in [-0.1, -0.05) is 18.2 Å². The highest BCUT2D eigenvalue weighted by Crippen LogP contribution is 2.07. The molecule has 1 aromatic rings. The van der Waals surface area contributed by atoms with E-state index in [1.807, 2.05) is 30.3 Å². The third-order valence-corrected chi connectivity index (χ3v) is 2.55. The first-order chi connectivity index (χ1) is 8.47. The molecule has 0 spiro atoms. The van der Waals surface area contributed by atoms with E-state index in [4.69, 9.17) is 4.74 Å². The van der Waals surface area contributed by atoms with Gasteiger partial charge in [-0.2, -0.15) is 0 Å². The molecule has 1 atom stereocenters. The summed E-state index contributed by atoms with van der Waals surface area (Å²) in [6.45, 7) is 11.2. The molecule has 18 heavy (non-hydrogen) atoms. The van der Waals surface area contributed by atoms with Crippen LogP contribution in [0.5, 0.6) is 5.75 Å². The van der Waals surface area contributed by atoms with E-state index < -0.39 is 0 Å². The Morgan fingerprint density at radius 3 is 2.44 bits per heavy atom. The van der Waals surface area contributed by atoms with E-state index in [0.717, 1.165) is 18.8 Å². The van der Waals surface area contributed by atoms with Crippen LogP contribution in [-0.2, 0) is 0 Å². The number of benzene rings is 1. The Kier molecular flexibility index (Phi) is 6.16. The average Bonchev–Trinajstić information content (AvgIpc) is 2.33. The maximum absolute atomic E-state index is 5.62. The van der Waals surface area contributed by atoms with Gasteiger partial charge in [0.1, 0.15) is 12.4 Å². The topological polar surface area (TPSA) is 33.3 Å². The molecule has 102 valence electrons. The second kappa shape index (κ2) is 7.39. The minimum atomic E-state index is 0.177. The normalized spacial score (nSPS) is 13.3.